The van der Waals surface area contributed by atoms with Crippen molar-refractivity contribution in [2.24, 2.45) is 0 Å². The van der Waals surface area contributed by atoms with Crippen molar-refractivity contribution in [1.29, 1.82) is 0 Å². The zero-order valence-corrected chi connectivity index (χ0v) is 12.2. The van der Waals surface area contributed by atoms with Gasteiger partial charge in [0.25, 0.3) is 0 Å². The molecule has 1 heterocycles. The molecule has 0 amide bonds. The summed E-state index contributed by atoms with van der Waals surface area (Å²) in [5, 5.41) is 14.9. The Balaban J connectivity index is 2.16. The summed E-state index contributed by atoms with van der Waals surface area (Å²) < 4.78 is 15.6. The Morgan fingerprint density at radius 3 is 2.65 bits per heavy atom. The van der Waals surface area contributed by atoms with Crippen LogP contribution in [-0.2, 0) is 19.4 Å². The van der Waals surface area contributed by atoms with Crippen molar-refractivity contribution in [2.45, 2.75) is 45.8 Å². The lowest BCUT2D eigenvalue weighted by molar-refractivity contribution is 0.0578. The fourth-order valence-electron chi connectivity index (χ4n) is 2.52. The Kier molecular flexibility index (Phi) is 4.23. The molecule has 0 aliphatic rings. The van der Waals surface area contributed by atoms with Gasteiger partial charge in [-0.15, -0.1) is 0 Å². The van der Waals surface area contributed by atoms with Crippen LogP contribution >= 0.6 is 0 Å². The minimum atomic E-state index is -0.998. The van der Waals surface area contributed by atoms with Gasteiger partial charge in [-0.25, -0.2) is 4.39 Å². The fourth-order valence-corrected chi connectivity index (χ4v) is 2.52. The minimum absolute atomic E-state index is 0.270. The van der Waals surface area contributed by atoms with E-state index in [0.29, 0.717) is 12.0 Å². The van der Waals surface area contributed by atoms with E-state index in [1.165, 1.54) is 6.07 Å². The van der Waals surface area contributed by atoms with Crippen LogP contribution in [0, 0.1) is 12.7 Å². The van der Waals surface area contributed by atoms with Gasteiger partial charge in [-0.2, -0.15) is 5.10 Å². The summed E-state index contributed by atoms with van der Waals surface area (Å²) in [6.45, 7) is 6.45. The van der Waals surface area contributed by atoms with Crippen molar-refractivity contribution < 1.29 is 9.50 Å². The molecule has 0 bridgehead atoms. The predicted molar refractivity (Wildman–Crippen MR) is 77.1 cm³/mol. The Hall–Kier alpha value is -1.68. The van der Waals surface area contributed by atoms with Crippen molar-refractivity contribution in [2.75, 3.05) is 0 Å². The molecular formula is C16H21FN2O. The molecule has 0 aliphatic heterocycles. The lowest BCUT2D eigenvalue weighted by atomic mass is 9.91. The second-order valence-corrected chi connectivity index (χ2v) is 5.53. The van der Waals surface area contributed by atoms with E-state index in [1.54, 1.807) is 25.1 Å². The molecule has 1 aromatic heterocycles. The summed E-state index contributed by atoms with van der Waals surface area (Å²) in [5.74, 6) is -0.270. The molecule has 1 atom stereocenters. The van der Waals surface area contributed by atoms with Crippen molar-refractivity contribution in [3.63, 3.8) is 0 Å². The lowest BCUT2D eigenvalue weighted by Crippen LogP contribution is -2.31. The Bertz CT molecular complexity index is 590. The number of benzene rings is 1. The number of aromatic nitrogens is 2. The van der Waals surface area contributed by atoms with Gasteiger partial charge >= 0.3 is 0 Å². The van der Waals surface area contributed by atoms with Crippen LogP contribution in [0.1, 0.15) is 30.8 Å². The smallest absolute Gasteiger partial charge is 0.126 e. The molecule has 1 unspecified atom stereocenters. The number of aryl methyl sites for hydroxylation is 2. The van der Waals surface area contributed by atoms with Gasteiger partial charge in [0.2, 0.25) is 0 Å². The van der Waals surface area contributed by atoms with Crippen LogP contribution in [0.2, 0.25) is 0 Å². The summed E-state index contributed by atoms with van der Waals surface area (Å²) in [5.41, 5.74) is 1.45. The van der Waals surface area contributed by atoms with E-state index < -0.39 is 5.60 Å². The SMILES string of the molecule is CCn1nc(C)cc1CC(C)(O)Cc1ccccc1F. The first-order chi connectivity index (χ1) is 9.41. The molecule has 2 aromatic rings. The standard InChI is InChI=1S/C16H21FN2O/c1-4-19-14(9-12(2)18-19)11-16(3,20)10-13-7-5-6-8-15(13)17/h5-9,20H,4,10-11H2,1-3H3. The van der Waals surface area contributed by atoms with E-state index in [4.69, 9.17) is 0 Å². The zero-order valence-electron chi connectivity index (χ0n) is 12.2. The number of hydrogen-bond donors (Lipinski definition) is 1. The van der Waals surface area contributed by atoms with Crippen molar-refractivity contribution in [3.8, 4) is 0 Å². The average Bonchev–Trinajstić information content (AvgIpc) is 2.71. The summed E-state index contributed by atoms with van der Waals surface area (Å²) >= 11 is 0. The van der Waals surface area contributed by atoms with Gasteiger partial charge in [-0.1, -0.05) is 18.2 Å². The van der Waals surface area contributed by atoms with E-state index in [1.807, 2.05) is 24.6 Å². The third kappa shape index (κ3) is 3.45. The largest absolute Gasteiger partial charge is 0.389 e. The quantitative estimate of drug-likeness (QED) is 0.912. The van der Waals surface area contributed by atoms with Crippen LogP contribution < -0.4 is 0 Å². The van der Waals surface area contributed by atoms with Gasteiger partial charge in [-0.3, -0.25) is 4.68 Å². The van der Waals surface area contributed by atoms with E-state index >= 15 is 0 Å². The fraction of sp³-hybridized carbons (Fsp3) is 0.438. The number of rotatable bonds is 5. The van der Waals surface area contributed by atoms with Crippen molar-refractivity contribution in [1.82, 2.24) is 9.78 Å². The van der Waals surface area contributed by atoms with Crippen LogP contribution in [0.3, 0.4) is 0 Å². The number of hydrogen-bond acceptors (Lipinski definition) is 2. The highest BCUT2D eigenvalue weighted by molar-refractivity contribution is 5.20. The van der Waals surface area contributed by atoms with Crippen LogP contribution in [0.15, 0.2) is 30.3 Å². The summed E-state index contributed by atoms with van der Waals surface area (Å²) in [6.07, 6.45) is 0.740. The molecule has 0 aliphatic carbocycles. The van der Waals surface area contributed by atoms with Gasteiger partial charge < -0.3 is 5.11 Å². The highest BCUT2D eigenvalue weighted by atomic mass is 19.1. The molecule has 4 heteroatoms. The third-order valence-electron chi connectivity index (χ3n) is 3.38. The van der Waals surface area contributed by atoms with Gasteiger partial charge in [0, 0.05) is 25.1 Å². The maximum Gasteiger partial charge on any atom is 0.126 e. The molecule has 0 saturated carbocycles. The summed E-state index contributed by atoms with van der Waals surface area (Å²) in [6, 6.07) is 8.55. The molecule has 2 rings (SSSR count). The third-order valence-corrected chi connectivity index (χ3v) is 3.38. The molecule has 0 radical (unpaired) electrons. The zero-order chi connectivity index (χ0) is 14.8. The predicted octanol–water partition coefficient (Wildman–Crippen LogP) is 2.89. The lowest BCUT2D eigenvalue weighted by Gasteiger charge is -2.24. The van der Waals surface area contributed by atoms with E-state index in [2.05, 4.69) is 5.10 Å². The number of aliphatic hydroxyl groups is 1. The maximum absolute atomic E-state index is 13.7. The first-order valence-electron chi connectivity index (χ1n) is 6.90. The second-order valence-electron chi connectivity index (χ2n) is 5.53. The molecule has 1 N–H and O–H groups in total. The number of nitrogens with zero attached hydrogens (tertiary/aromatic N) is 2. The normalized spacial score (nSPS) is 14.2. The summed E-state index contributed by atoms with van der Waals surface area (Å²) in [4.78, 5) is 0. The van der Waals surface area contributed by atoms with Crippen molar-refractivity contribution in [3.05, 3.63) is 53.1 Å². The van der Waals surface area contributed by atoms with Gasteiger partial charge in [0.1, 0.15) is 5.82 Å². The van der Waals surface area contributed by atoms with E-state index in [0.717, 1.165) is 17.9 Å². The van der Waals surface area contributed by atoms with E-state index in [9.17, 15) is 9.50 Å². The van der Waals surface area contributed by atoms with E-state index in [-0.39, 0.29) is 12.2 Å². The van der Waals surface area contributed by atoms with Gasteiger partial charge in [0.15, 0.2) is 0 Å². The molecule has 108 valence electrons. The number of halogens is 1. The molecule has 0 fully saturated rings. The van der Waals surface area contributed by atoms with Crippen molar-refractivity contribution >= 4 is 0 Å². The highest BCUT2D eigenvalue weighted by Gasteiger charge is 2.25. The highest BCUT2D eigenvalue weighted by Crippen LogP contribution is 2.21. The molecule has 20 heavy (non-hydrogen) atoms. The molecule has 3 nitrogen and oxygen atoms in total. The topological polar surface area (TPSA) is 38.0 Å². The van der Waals surface area contributed by atoms with Crippen LogP contribution in [-0.4, -0.2) is 20.5 Å². The Morgan fingerprint density at radius 1 is 1.30 bits per heavy atom. The van der Waals surface area contributed by atoms with Gasteiger partial charge in [-0.05, 0) is 38.5 Å². The summed E-state index contributed by atoms with van der Waals surface area (Å²) in [7, 11) is 0. The first kappa shape index (κ1) is 14.7. The molecular weight excluding hydrogens is 255 g/mol. The first-order valence-corrected chi connectivity index (χ1v) is 6.90. The average molecular weight is 276 g/mol. The van der Waals surface area contributed by atoms with Crippen LogP contribution in [0.25, 0.3) is 0 Å². The molecule has 0 spiro atoms. The Labute approximate surface area is 119 Å². The Morgan fingerprint density at radius 2 is 2.00 bits per heavy atom. The van der Waals surface area contributed by atoms with Crippen LogP contribution in [0.4, 0.5) is 4.39 Å². The second kappa shape index (κ2) is 5.75. The van der Waals surface area contributed by atoms with Crippen LogP contribution in [0.5, 0.6) is 0 Å². The maximum atomic E-state index is 13.7. The molecule has 0 saturated heterocycles. The molecule has 1 aromatic carbocycles. The minimum Gasteiger partial charge on any atom is -0.389 e. The monoisotopic (exact) mass is 276 g/mol. The van der Waals surface area contributed by atoms with Gasteiger partial charge in [0.05, 0.1) is 11.3 Å².